The fourth-order valence-electron chi connectivity index (χ4n) is 3.38. The molecular weight excluding hydrogens is 324 g/mol. The Kier molecular flexibility index (Phi) is 4.44. The van der Waals surface area contributed by atoms with E-state index in [0.29, 0.717) is 13.1 Å². The highest BCUT2D eigenvalue weighted by Crippen LogP contribution is 2.27. The van der Waals surface area contributed by atoms with Crippen molar-refractivity contribution in [2.24, 2.45) is 0 Å². The van der Waals surface area contributed by atoms with Gasteiger partial charge in [-0.05, 0) is 30.2 Å². The summed E-state index contributed by atoms with van der Waals surface area (Å²) in [4.78, 5) is 16.6. The van der Waals surface area contributed by atoms with Crippen LogP contribution in [0.5, 0.6) is 0 Å². The predicted molar refractivity (Wildman–Crippen MR) is 102 cm³/mol. The molecule has 0 spiro atoms. The number of carbonyl (C=O) groups excluding carboxylic acids is 1. The van der Waals surface area contributed by atoms with Crippen LogP contribution in [0.1, 0.15) is 11.1 Å². The van der Waals surface area contributed by atoms with E-state index in [1.165, 1.54) is 11.3 Å². The van der Waals surface area contributed by atoms with Gasteiger partial charge in [-0.3, -0.25) is 4.79 Å². The van der Waals surface area contributed by atoms with Crippen molar-refractivity contribution in [2.45, 2.75) is 13.0 Å². The van der Waals surface area contributed by atoms with Crippen molar-refractivity contribution in [1.29, 1.82) is 0 Å². The Morgan fingerprint density at radius 1 is 1.12 bits per heavy atom. The number of nitrogens with zero attached hydrogens (tertiary/aromatic N) is 4. The normalized spacial score (nSPS) is 12.9. The van der Waals surface area contributed by atoms with Gasteiger partial charge < -0.3 is 9.80 Å². The number of hydrogen-bond acceptors (Lipinski definition) is 3. The lowest BCUT2D eigenvalue weighted by Gasteiger charge is -2.23. The second kappa shape index (κ2) is 7.04. The van der Waals surface area contributed by atoms with Gasteiger partial charge in [-0.15, -0.1) is 0 Å². The van der Waals surface area contributed by atoms with E-state index in [-0.39, 0.29) is 5.91 Å². The molecular formula is C21H22N4O. The molecule has 2 aromatic carbocycles. The minimum atomic E-state index is 0.120. The fourth-order valence-corrected chi connectivity index (χ4v) is 3.38. The van der Waals surface area contributed by atoms with Crippen LogP contribution in [0.3, 0.4) is 0 Å². The molecule has 0 saturated carbocycles. The van der Waals surface area contributed by atoms with Crippen LogP contribution in [-0.4, -0.2) is 40.7 Å². The molecule has 1 aliphatic heterocycles. The molecule has 0 N–H and O–H groups in total. The van der Waals surface area contributed by atoms with Crippen LogP contribution in [-0.2, 0) is 17.8 Å². The topological polar surface area (TPSA) is 41.4 Å². The van der Waals surface area contributed by atoms with E-state index in [1.807, 2.05) is 60.5 Å². The summed E-state index contributed by atoms with van der Waals surface area (Å²) in [6.45, 7) is 1.88. The monoisotopic (exact) mass is 346 g/mol. The summed E-state index contributed by atoms with van der Waals surface area (Å²) >= 11 is 0. The number of rotatable bonds is 5. The molecule has 4 rings (SSSR count). The average Bonchev–Trinajstić information content (AvgIpc) is 3.30. The van der Waals surface area contributed by atoms with Crippen molar-refractivity contribution in [3.8, 4) is 5.69 Å². The predicted octanol–water partition coefficient (Wildman–Crippen LogP) is 2.89. The molecule has 0 fully saturated rings. The Hall–Kier alpha value is -3.08. The average molecular weight is 346 g/mol. The van der Waals surface area contributed by atoms with Gasteiger partial charge in [0.15, 0.2) is 0 Å². The molecule has 1 aliphatic rings. The third kappa shape index (κ3) is 3.33. The van der Waals surface area contributed by atoms with E-state index in [1.54, 1.807) is 4.90 Å². The summed E-state index contributed by atoms with van der Waals surface area (Å²) in [6.07, 6.45) is 4.81. The number of aromatic nitrogens is 2. The van der Waals surface area contributed by atoms with Gasteiger partial charge >= 0.3 is 0 Å². The van der Waals surface area contributed by atoms with E-state index in [2.05, 4.69) is 28.2 Å². The van der Waals surface area contributed by atoms with Crippen molar-refractivity contribution < 1.29 is 4.79 Å². The summed E-state index contributed by atoms with van der Waals surface area (Å²) in [7, 11) is 1.85. The van der Waals surface area contributed by atoms with Crippen LogP contribution in [0.4, 0.5) is 5.69 Å². The molecule has 3 aromatic rings. The van der Waals surface area contributed by atoms with Gasteiger partial charge in [-0.1, -0.05) is 36.4 Å². The molecule has 0 atom stereocenters. The minimum Gasteiger partial charge on any atom is -0.362 e. The molecule has 0 unspecified atom stereocenters. The van der Waals surface area contributed by atoms with E-state index in [4.69, 9.17) is 0 Å². The second-order valence-corrected chi connectivity index (χ2v) is 6.68. The van der Waals surface area contributed by atoms with Gasteiger partial charge in [0.2, 0.25) is 5.91 Å². The fraction of sp³-hybridized carbons (Fsp3) is 0.238. The first kappa shape index (κ1) is 16.4. The second-order valence-electron chi connectivity index (χ2n) is 6.68. The van der Waals surface area contributed by atoms with E-state index < -0.39 is 0 Å². The Labute approximate surface area is 153 Å². The van der Waals surface area contributed by atoms with Crippen molar-refractivity contribution >= 4 is 11.6 Å². The number of carbonyl (C=O) groups is 1. The Morgan fingerprint density at radius 2 is 1.88 bits per heavy atom. The maximum Gasteiger partial charge on any atom is 0.242 e. The largest absolute Gasteiger partial charge is 0.362 e. The molecule has 0 aliphatic carbocycles. The Balaban J connectivity index is 1.39. The summed E-state index contributed by atoms with van der Waals surface area (Å²) in [5, 5.41) is 4.40. The van der Waals surface area contributed by atoms with Crippen molar-refractivity contribution in [1.82, 2.24) is 14.7 Å². The highest BCUT2D eigenvalue weighted by molar-refractivity contribution is 5.82. The zero-order valence-electron chi connectivity index (χ0n) is 14.9. The summed E-state index contributed by atoms with van der Waals surface area (Å²) < 4.78 is 1.84. The molecule has 0 bridgehead atoms. The molecule has 5 heteroatoms. The van der Waals surface area contributed by atoms with Crippen LogP contribution >= 0.6 is 0 Å². The SMILES string of the molecule is CN(Cc1cnn(-c2ccccc2)c1)C(=O)CN1CCc2ccccc21. The lowest BCUT2D eigenvalue weighted by atomic mass is 10.2. The summed E-state index contributed by atoms with van der Waals surface area (Å²) in [5.74, 6) is 0.120. The molecule has 2 heterocycles. The molecule has 5 nitrogen and oxygen atoms in total. The van der Waals surface area contributed by atoms with Gasteiger partial charge in [0.05, 0.1) is 18.4 Å². The standard InChI is InChI=1S/C21H22N4O/c1-23(14-17-13-22-25(15-17)19-8-3-2-4-9-19)21(26)16-24-12-11-18-7-5-6-10-20(18)24/h2-10,13,15H,11-12,14,16H2,1H3. The smallest absolute Gasteiger partial charge is 0.242 e. The quantitative estimate of drug-likeness (QED) is 0.713. The van der Waals surface area contributed by atoms with Gasteiger partial charge in [0.25, 0.3) is 0 Å². The molecule has 0 saturated heterocycles. The van der Waals surface area contributed by atoms with Crippen LogP contribution in [0.25, 0.3) is 5.69 Å². The first-order chi connectivity index (χ1) is 12.7. The van der Waals surface area contributed by atoms with Crippen molar-refractivity contribution in [3.05, 3.63) is 78.1 Å². The van der Waals surface area contributed by atoms with Gasteiger partial charge in [0.1, 0.15) is 0 Å². The maximum atomic E-state index is 12.6. The number of hydrogen-bond donors (Lipinski definition) is 0. The van der Waals surface area contributed by atoms with Crippen LogP contribution in [0.2, 0.25) is 0 Å². The zero-order chi connectivity index (χ0) is 17.9. The molecule has 0 radical (unpaired) electrons. The molecule has 26 heavy (non-hydrogen) atoms. The number of benzene rings is 2. The Morgan fingerprint density at radius 3 is 2.73 bits per heavy atom. The van der Waals surface area contributed by atoms with E-state index in [0.717, 1.165) is 24.2 Å². The zero-order valence-corrected chi connectivity index (χ0v) is 14.9. The lowest BCUT2D eigenvalue weighted by molar-refractivity contribution is -0.128. The van der Waals surface area contributed by atoms with Gasteiger partial charge in [0, 0.05) is 37.6 Å². The number of para-hydroxylation sites is 2. The molecule has 132 valence electrons. The first-order valence-electron chi connectivity index (χ1n) is 8.86. The third-order valence-corrected chi connectivity index (χ3v) is 4.81. The number of likely N-dealkylation sites (N-methyl/N-ethyl adjacent to an activating group) is 1. The first-order valence-corrected chi connectivity index (χ1v) is 8.86. The Bertz CT molecular complexity index is 903. The summed E-state index contributed by atoms with van der Waals surface area (Å²) in [6, 6.07) is 18.3. The van der Waals surface area contributed by atoms with Gasteiger partial charge in [-0.2, -0.15) is 5.10 Å². The number of fused-ring (bicyclic) bond motifs is 1. The van der Waals surface area contributed by atoms with Crippen LogP contribution in [0, 0.1) is 0 Å². The van der Waals surface area contributed by atoms with Crippen molar-refractivity contribution in [2.75, 3.05) is 25.0 Å². The minimum absolute atomic E-state index is 0.120. The molecule has 1 aromatic heterocycles. The maximum absolute atomic E-state index is 12.6. The highest BCUT2D eigenvalue weighted by Gasteiger charge is 2.22. The van der Waals surface area contributed by atoms with Crippen molar-refractivity contribution in [3.63, 3.8) is 0 Å². The van der Waals surface area contributed by atoms with E-state index in [9.17, 15) is 4.79 Å². The van der Waals surface area contributed by atoms with Gasteiger partial charge in [-0.25, -0.2) is 4.68 Å². The molecule has 1 amide bonds. The number of amides is 1. The van der Waals surface area contributed by atoms with Crippen LogP contribution in [0.15, 0.2) is 67.0 Å². The highest BCUT2D eigenvalue weighted by atomic mass is 16.2. The lowest BCUT2D eigenvalue weighted by Crippen LogP contribution is -2.37. The summed E-state index contributed by atoms with van der Waals surface area (Å²) in [5.41, 5.74) is 4.55. The van der Waals surface area contributed by atoms with Crippen LogP contribution < -0.4 is 4.90 Å². The third-order valence-electron chi connectivity index (χ3n) is 4.81. The number of anilines is 1. The van der Waals surface area contributed by atoms with E-state index >= 15 is 0 Å².